The van der Waals surface area contributed by atoms with Gasteiger partial charge in [-0.05, 0) is 73.5 Å². The zero-order valence-corrected chi connectivity index (χ0v) is 31.1. The Labute approximate surface area is 314 Å². The predicted octanol–water partition coefficient (Wildman–Crippen LogP) is 9.49. The number of hydrogen-bond donors (Lipinski definition) is 1. The monoisotopic (exact) mass is 732 g/mol. The molecule has 0 amide bonds. The number of hydrogen-bond acceptors (Lipinski definition) is 8. The quantitative estimate of drug-likeness (QED) is 0.0726. The largest absolute Gasteiger partial charge is 0.494 e. The summed E-state index contributed by atoms with van der Waals surface area (Å²) in [5.41, 5.74) is -2.65. The minimum Gasteiger partial charge on any atom is -0.494 e. The molecule has 2 aromatic heterocycles. The molecule has 0 atom stereocenters. The van der Waals surface area contributed by atoms with E-state index in [1.807, 2.05) is 0 Å². The van der Waals surface area contributed by atoms with Crippen molar-refractivity contribution in [2.45, 2.75) is 90.9 Å². The molecule has 10 heteroatoms. The first-order valence-corrected chi connectivity index (χ1v) is 19.3. The number of aromatic nitrogens is 2. The van der Waals surface area contributed by atoms with Gasteiger partial charge in [0.2, 0.25) is 0 Å². The average Bonchev–Trinajstić information content (AvgIpc) is 3.63. The molecule has 0 unspecified atom stereocenters. The van der Waals surface area contributed by atoms with Gasteiger partial charge in [0.15, 0.2) is 11.5 Å². The van der Waals surface area contributed by atoms with Crippen molar-refractivity contribution in [2.75, 3.05) is 13.2 Å². The van der Waals surface area contributed by atoms with Crippen molar-refractivity contribution in [3.05, 3.63) is 120 Å². The van der Waals surface area contributed by atoms with E-state index in [1.165, 1.54) is 51.4 Å². The maximum atomic E-state index is 14.3. The molecule has 0 aliphatic carbocycles. The van der Waals surface area contributed by atoms with Gasteiger partial charge in [-0.25, -0.2) is 4.57 Å². The van der Waals surface area contributed by atoms with Gasteiger partial charge >= 0.3 is 0 Å². The smallest absolute Gasteiger partial charge is 0.270 e. The Morgan fingerprint density at radius 3 is 1.28 bits per heavy atom. The van der Waals surface area contributed by atoms with Gasteiger partial charge in [0, 0.05) is 0 Å². The van der Waals surface area contributed by atoms with E-state index in [9.17, 15) is 19.2 Å². The molecule has 0 bridgehead atoms. The van der Waals surface area contributed by atoms with Crippen LogP contribution in [-0.4, -0.2) is 22.8 Å². The van der Waals surface area contributed by atoms with E-state index in [2.05, 4.69) is 18.8 Å². The molecular weight excluding hydrogens is 684 g/mol. The van der Waals surface area contributed by atoms with Gasteiger partial charge in [0.25, 0.3) is 22.2 Å². The molecule has 6 aromatic rings. The van der Waals surface area contributed by atoms with E-state index < -0.39 is 22.2 Å². The van der Waals surface area contributed by atoms with Gasteiger partial charge in [-0.2, -0.15) is 0 Å². The minimum absolute atomic E-state index is 0.176. The fourth-order valence-corrected chi connectivity index (χ4v) is 6.69. The third kappa shape index (κ3) is 8.76. The molecule has 2 heterocycles. The number of para-hydroxylation sites is 1. The molecule has 0 saturated carbocycles. The number of aromatic amines is 1. The Kier molecular flexibility index (Phi) is 13.0. The van der Waals surface area contributed by atoms with E-state index in [-0.39, 0.29) is 44.5 Å². The molecule has 0 aliphatic heterocycles. The van der Waals surface area contributed by atoms with Gasteiger partial charge in [-0.15, -0.1) is 0 Å². The summed E-state index contributed by atoms with van der Waals surface area (Å²) in [4.78, 5) is 57.7. The van der Waals surface area contributed by atoms with Crippen LogP contribution in [0.2, 0.25) is 0 Å². The molecule has 4 aromatic carbocycles. The van der Waals surface area contributed by atoms with E-state index in [0.29, 0.717) is 30.4 Å². The molecule has 1 N–H and O–H groups in total. The zero-order chi connectivity index (χ0) is 37.9. The molecule has 54 heavy (non-hydrogen) atoms. The lowest BCUT2D eigenvalue weighted by molar-refractivity contribution is 0.304. The number of fused-ring (bicyclic) bond motifs is 2. The number of ether oxygens (including phenoxy) is 4. The first kappa shape index (κ1) is 38.1. The molecular formula is C44H48N2O8. The van der Waals surface area contributed by atoms with Crippen molar-refractivity contribution in [1.82, 2.24) is 9.55 Å². The van der Waals surface area contributed by atoms with Crippen LogP contribution in [0.1, 0.15) is 90.9 Å². The second-order valence-electron chi connectivity index (χ2n) is 13.6. The normalized spacial score (nSPS) is 11.4. The zero-order valence-electron chi connectivity index (χ0n) is 31.1. The number of H-pyrrole nitrogens is 1. The Hall–Kier alpha value is -5.64. The molecule has 6 rings (SSSR count). The lowest BCUT2D eigenvalue weighted by atomic mass is 10.1. The summed E-state index contributed by atoms with van der Waals surface area (Å²) in [6.07, 6.45) is 13.8. The standard InChI is InChI=1S/C44H48N2O8/c1-3-5-7-9-11-16-28-51-31-20-24-33(25-21-31)53-39-35-36(42(48)45-41(35)47)40(38-37(39)43(49)46(44(38)50)30-18-14-13-15-19-30)54-34-26-22-32(23-27-34)52-29-17-12-10-8-6-4-2/h13-15,18-27H,3-12,16-17,28-29H2,1-2H3,(H,45,47,48). The highest BCUT2D eigenvalue weighted by atomic mass is 16.5. The van der Waals surface area contributed by atoms with Crippen LogP contribution in [0.3, 0.4) is 0 Å². The molecule has 0 spiro atoms. The number of rotatable bonds is 21. The highest BCUT2D eigenvalue weighted by Crippen LogP contribution is 2.42. The van der Waals surface area contributed by atoms with E-state index in [0.717, 1.165) is 30.3 Å². The Morgan fingerprint density at radius 2 is 0.852 bits per heavy atom. The van der Waals surface area contributed by atoms with Crippen molar-refractivity contribution in [3.8, 4) is 40.2 Å². The molecule has 282 valence electrons. The second-order valence-corrected chi connectivity index (χ2v) is 13.6. The third-order valence-electron chi connectivity index (χ3n) is 9.56. The van der Waals surface area contributed by atoms with Crippen LogP contribution < -0.4 is 41.2 Å². The molecule has 10 nitrogen and oxygen atoms in total. The fraction of sp³-hybridized carbons (Fsp3) is 0.364. The van der Waals surface area contributed by atoms with Crippen LogP contribution in [-0.2, 0) is 0 Å². The number of nitrogens with one attached hydrogen (secondary N) is 1. The highest BCUT2D eigenvalue weighted by molar-refractivity contribution is 6.11. The molecule has 0 aliphatic rings. The van der Waals surface area contributed by atoms with E-state index in [1.54, 1.807) is 78.9 Å². The third-order valence-corrected chi connectivity index (χ3v) is 9.56. The molecule has 0 radical (unpaired) electrons. The summed E-state index contributed by atoms with van der Waals surface area (Å²) >= 11 is 0. The first-order valence-electron chi connectivity index (χ1n) is 19.3. The van der Waals surface area contributed by atoms with Crippen molar-refractivity contribution in [1.29, 1.82) is 0 Å². The van der Waals surface area contributed by atoms with E-state index >= 15 is 0 Å². The number of nitrogens with zero attached hydrogens (tertiary/aromatic N) is 1. The predicted molar refractivity (Wildman–Crippen MR) is 213 cm³/mol. The van der Waals surface area contributed by atoms with Crippen LogP contribution in [0.4, 0.5) is 0 Å². The van der Waals surface area contributed by atoms with Crippen LogP contribution in [0, 0.1) is 0 Å². The summed E-state index contributed by atoms with van der Waals surface area (Å²) < 4.78 is 25.4. The lowest BCUT2D eigenvalue weighted by Gasteiger charge is -2.13. The molecule has 0 saturated heterocycles. The SMILES string of the molecule is CCCCCCCCOc1ccc(Oc2c3c(=O)[nH]c(=O)c3c(Oc3ccc(OCCCCCCCC)cc3)c3c(=O)n(-c4ccccc4)c(=O)c23)cc1. The van der Waals surface area contributed by atoms with Crippen LogP contribution >= 0.6 is 0 Å². The Bertz CT molecular complexity index is 2190. The van der Waals surface area contributed by atoms with Crippen molar-refractivity contribution >= 4 is 21.5 Å². The minimum atomic E-state index is -0.770. The Balaban J connectivity index is 1.33. The summed E-state index contributed by atoms with van der Waals surface area (Å²) in [6.45, 7) is 5.55. The second kappa shape index (κ2) is 18.4. The maximum absolute atomic E-state index is 14.3. The van der Waals surface area contributed by atoms with Crippen molar-refractivity contribution in [3.63, 3.8) is 0 Å². The summed E-state index contributed by atoms with van der Waals surface area (Å²) in [5.74, 6) is 1.44. The van der Waals surface area contributed by atoms with E-state index in [4.69, 9.17) is 18.9 Å². The van der Waals surface area contributed by atoms with Crippen LogP contribution in [0.15, 0.2) is 98.0 Å². The fourth-order valence-electron chi connectivity index (χ4n) is 6.69. The lowest BCUT2D eigenvalue weighted by Crippen LogP contribution is -2.23. The summed E-state index contributed by atoms with van der Waals surface area (Å²) in [6, 6.07) is 22.0. The average molecular weight is 733 g/mol. The maximum Gasteiger partial charge on any atom is 0.270 e. The van der Waals surface area contributed by atoms with Crippen LogP contribution in [0.5, 0.6) is 34.5 Å². The van der Waals surface area contributed by atoms with Crippen LogP contribution in [0.25, 0.3) is 27.2 Å². The summed E-state index contributed by atoms with van der Waals surface area (Å²) in [7, 11) is 0. The Morgan fingerprint density at radius 1 is 0.463 bits per heavy atom. The highest BCUT2D eigenvalue weighted by Gasteiger charge is 2.30. The van der Waals surface area contributed by atoms with Gasteiger partial charge in [-0.3, -0.25) is 24.2 Å². The summed E-state index contributed by atoms with van der Waals surface area (Å²) in [5, 5.41) is -0.728. The number of benzene rings is 4. The van der Waals surface area contributed by atoms with Gasteiger partial charge in [-0.1, -0.05) is 96.3 Å². The topological polar surface area (TPSA) is 126 Å². The van der Waals surface area contributed by atoms with Gasteiger partial charge < -0.3 is 18.9 Å². The number of unbranched alkanes of at least 4 members (excludes halogenated alkanes) is 10. The van der Waals surface area contributed by atoms with Crippen molar-refractivity contribution < 1.29 is 18.9 Å². The van der Waals surface area contributed by atoms with Gasteiger partial charge in [0.05, 0.1) is 29.7 Å². The van der Waals surface area contributed by atoms with Crippen molar-refractivity contribution in [2.24, 2.45) is 0 Å². The first-order chi connectivity index (χ1) is 26.4. The van der Waals surface area contributed by atoms with Gasteiger partial charge in [0.1, 0.15) is 33.8 Å². The molecule has 0 fully saturated rings.